The number of fused-ring (bicyclic) bond motifs is 1. The van der Waals surface area contributed by atoms with Gasteiger partial charge in [0.15, 0.2) is 5.65 Å². The first-order valence-corrected chi connectivity index (χ1v) is 13.3. The van der Waals surface area contributed by atoms with Gasteiger partial charge in [-0.3, -0.25) is 9.36 Å². The second-order valence-corrected chi connectivity index (χ2v) is 12.4. The highest BCUT2D eigenvalue weighted by Gasteiger charge is 2.35. The van der Waals surface area contributed by atoms with E-state index in [0.29, 0.717) is 4.90 Å². The Balaban J connectivity index is 2.43. The van der Waals surface area contributed by atoms with Crippen LogP contribution >= 0.6 is 11.6 Å². The fourth-order valence-corrected chi connectivity index (χ4v) is 3.90. The van der Waals surface area contributed by atoms with Gasteiger partial charge < -0.3 is 9.47 Å². The predicted molar refractivity (Wildman–Crippen MR) is 138 cm³/mol. The molecule has 0 radical (unpaired) electrons. The molecule has 1 aromatic carbocycles. The number of hydrogen-bond donors (Lipinski definition) is 0. The van der Waals surface area contributed by atoms with Gasteiger partial charge in [-0.2, -0.15) is 9.88 Å². The number of nitrogens with zero attached hydrogens (tertiary/aromatic N) is 4. The minimum atomic E-state index is -3.90. The van der Waals surface area contributed by atoms with Gasteiger partial charge in [-0.25, -0.2) is 23.0 Å². The molecule has 0 unspecified atom stereocenters. The van der Waals surface area contributed by atoms with Gasteiger partial charge in [-0.1, -0.05) is 23.7 Å². The molecule has 198 valence electrons. The number of carbonyl (C=O) groups is 2. The molecule has 0 fully saturated rings. The number of anilines is 1. The number of rotatable bonds is 3. The highest BCUT2D eigenvalue weighted by atomic mass is 35.5. The number of benzene rings is 1. The van der Waals surface area contributed by atoms with E-state index in [2.05, 4.69) is 9.97 Å². The molecule has 0 N–H and O–H groups in total. The number of aromatic nitrogens is 3. The van der Waals surface area contributed by atoms with Crippen molar-refractivity contribution >= 4 is 50.3 Å². The zero-order chi connectivity index (χ0) is 27.9. The third-order valence-electron chi connectivity index (χ3n) is 4.53. The molecule has 0 aliphatic heterocycles. The van der Waals surface area contributed by atoms with E-state index in [1.54, 1.807) is 53.7 Å². The van der Waals surface area contributed by atoms with Gasteiger partial charge in [-0.05, 0) is 53.7 Å². The Hall–Kier alpha value is -3.51. The quantitative estimate of drug-likeness (QED) is 0.431. The van der Waals surface area contributed by atoms with E-state index in [1.807, 2.05) is 0 Å². The molecule has 3 rings (SSSR count). The van der Waals surface area contributed by atoms with Crippen molar-refractivity contribution in [2.45, 2.75) is 57.9 Å². The number of para-hydroxylation sites is 1. The molecular formula is C24H27ClN4O7S. The number of imide groups is 1. The molecule has 0 saturated carbocycles. The van der Waals surface area contributed by atoms with Gasteiger partial charge >= 0.3 is 12.2 Å². The average Bonchev–Trinajstić information content (AvgIpc) is 2.71. The van der Waals surface area contributed by atoms with Gasteiger partial charge in [0.1, 0.15) is 11.2 Å². The van der Waals surface area contributed by atoms with Gasteiger partial charge in [0.2, 0.25) is 15.0 Å². The molecule has 3 aromatic rings. The number of pyridine rings is 1. The summed E-state index contributed by atoms with van der Waals surface area (Å²) in [5, 5.41) is -0.406. The van der Waals surface area contributed by atoms with E-state index in [4.69, 9.17) is 21.1 Å². The predicted octanol–water partition coefficient (Wildman–Crippen LogP) is 4.51. The molecule has 2 amide bonds. The molecule has 0 bridgehead atoms. The Labute approximate surface area is 218 Å². The number of carbonyl (C=O) groups excluding carboxylic acids is 2. The second-order valence-electron chi connectivity index (χ2n) is 10.1. The van der Waals surface area contributed by atoms with Crippen molar-refractivity contribution in [2.75, 3.05) is 11.2 Å². The first-order valence-electron chi connectivity index (χ1n) is 11.0. The Kier molecular flexibility index (Phi) is 7.39. The molecule has 0 atom stereocenters. The largest absolute Gasteiger partial charge is 0.443 e. The fraction of sp³-hybridized carbons (Fsp3) is 0.375. The van der Waals surface area contributed by atoms with Gasteiger partial charge in [-0.15, -0.1) is 0 Å². The van der Waals surface area contributed by atoms with Crippen LogP contribution in [0, 0.1) is 0 Å². The molecule has 0 saturated heterocycles. The third kappa shape index (κ3) is 6.44. The number of hydrogen-bond acceptors (Lipinski definition) is 9. The fourth-order valence-electron chi connectivity index (χ4n) is 3.19. The molecule has 0 spiro atoms. The van der Waals surface area contributed by atoms with Crippen LogP contribution in [0.1, 0.15) is 41.5 Å². The second kappa shape index (κ2) is 9.75. The van der Waals surface area contributed by atoms with E-state index in [0.717, 1.165) is 23.1 Å². The summed E-state index contributed by atoms with van der Waals surface area (Å²) in [6.45, 7) is 9.63. The lowest BCUT2D eigenvalue weighted by Gasteiger charge is -2.29. The first-order chi connectivity index (χ1) is 16.9. The molecule has 0 aliphatic carbocycles. The molecule has 11 nitrogen and oxygen atoms in total. The zero-order valence-electron chi connectivity index (χ0n) is 21.4. The Bertz CT molecular complexity index is 1530. The smallest absolute Gasteiger partial charge is 0.424 e. The summed E-state index contributed by atoms with van der Waals surface area (Å²) < 4.78 is 36.3. The Morgan fingerprint density at radius 1 is 1.00 bits per heavy atom. The SMILES string of the molecule is CC(C)(C)OC(=O)N(C(=O)OC(C)(C)C)c1cc(=O)n(-c2ccccc2Cl)c2nc(S(C)(=O)=O)ncc12. The Morgan fingerprint density at radius 3 is 2.03 bits per heavy atom. The summed E-state index contributed by atoms with van der Waals surface area (Å²) in [5.74, 6) is 0. The topological polar surface area (TPSA) is 138 Å². The van der Waals surface area contributed by atoms with Crippen LogP contribution in [-0.2, 0) is 19.3 Å². The molecule has 2 heterocycles. The van der Waals surface area contributed by atoms with Crippen molar-refractivity contribution in [3.05, 3.63) is 51.9 Å². The number of halogens is 1. The van der Waals surface area contributed by atoms with Gasteiger partial charge in [0.25, 0.3) is 5.56 Å². The lowest BCUT2D eigenvalue weighted by molar-refractivity contribution is 0.0431. The number of amides is 2. The van der Waals surface area contributed by atoms with E-state index < -0.39 is 43.9 Å². The summed E-state index contributed by atoms with van der Waals surface area (Å²) in [7, 11) is -3.90. The molecule has 13 heteroatoms. The van der Waals surface area contributed by atoms with Crippen LogP contribution in [0.4, 0.5) is 15.3 Å². The monoisotopic (exact) mass is 550 g/mol. The summed E-state index contributed by atoms with van der Waals surface area (Å²) >= 11 is 6.33. The van der Waals surface area contributed by atoms with Crippen LogP contribution in [0.15, 0.2) is 46.5 Å². The first kappa shape index (κ1) is 28.1. The number of ether oxygens (including phenoxy) is 2. The number of sulfone groups is 1. The van der Waals surface area contributed by atoms with Crippen LogP contribution in [0.2, 0.25) is 5.02 Å². The van der Waals surface area contributed by atoms with Crippen LogP contribution in [0.25, 0.3) is 16.7 Å². The van der Waals surface area contributed by atoms with Crippen LogP contribution < -0.4 is 10.5 Å². The van der Waals surface area contributed by atoms with Gasteiger partial charge in [0.05, 0.1) is 21.8 Å². The van der Waals surface area contributed by atoms with Crippen molar-refractivity contribution in [1.82, 2.24) is 14.5 Å². The van der Waals surface area contributed by atoms with Crippen LogP contribution in [0.5, 0.6) is 0 Å². The molecule has 0 aliphatic rings. The molecule has 37 heavy (non-hydrogen) atoms. The van der Waals surface area contributed by atoms with Crippen molar-refractivity contribution in [1.29, 1.82) is 0 Å². The van der Waals surface area contributed by atoms with E-state index >= 15 is 0 Å². The van der Waals surface area contributed by atoms with E-state index in [9.17, 15) is 22.8 Å². The van der Waals surface area contributed by atoms with Crippen LogP contribution in [-0.4, -0.2) is 52.6 Å². The van der Waals surface area contributed by atoms with Crippen molar-refractivity contribution in [3.8, 4) is 5.69 Å². The normalized spacial score (nSPS) is 12.3. The molecular weight excluding hydrogens is 524 g/mol. The maximum Gasteiger partial charge on any atom is 0.424 e. The molecule has 2 aromatic heterocycles. The average molecular weight is 551 g/mol. The van der Waals surface area contributed by atoms with Gasteiger partial charge in [0, 0.05) is 18.5 Å². The summed E-state index contributed by atoms with van der Waals surface area (Å²) in [6.07, 6.45) is -0.234. The highest BCUT2D eigenvalue weighted by Crippen LogP contribution is 2.30. The lowest BCUT2D eigenvalue weighted by Crippen LogP contribution is -2.44. The minimum absolute atomic E-state index is 0.0105. The van der Waals surface area contributed by atoms with Crippen LogP contribution in [0.3, 0.4) is 0 Å². The standard InChI is InChI=1S/C24H27ClN4O7S/c1-23(2,3)35-21(31)29(22(32)36-24(4,5)6)17-12-18(30)28(16-11-9-8-10-15(16)25)19-14(17)13-26-20(27-19)37(7,33)34/h8-13H,1-7H3. The summed E-state index contributed by atoms with van der Waals surface area (Å²) in [5.41, 5.74) is -3.02. The van der Waals surface area contributed by atoms with E-state index in [1.165, 1.54) is 12.1 Å². The maximum absolute atomic E-state index is 13.5. The van der Waals surface area contributed by atoms with E-state index in [-0.39, 0.29) is 27.4 Å². The Morgan fingerprint density at radius 2 is 1.54 bits per heavy atom. The summed E-state index contributed by atoms with van der Waals surface area (Å²) in [4.78, 5) is 48.4. The zero-order valence-corrected chi connectivity index (χ0v) is 23.0. The maximum atomic E-state index is 13.5. The lowest BCUT2D eigenvalue weighted by atomic mass is 10.2. The third-order valence-corrected chi connectivity index (χ3v) is 5.71. The van der Waals surface area contributed by atoms with Crippen molar-refractivity contribution in [2.24, 2.45) is 0 Å². The van der Waals surface area contributed by atoms with Crippen molar-refractivity contribution < 1.29 is 27.5 Å². The minimum Gasteiger partial charge on any atom is -0.443 e. The van der Waals surface area contributed by atoms with Crippen molar-refractivity contribution in [3.63, 3.8) is 0 Å². The summed E-state index contributed by atoms with van der Waals surface area (Å²) in [6, 6.07) is 7.35. The highest BCUT2D eigenvalue weighted by molar-refractivity contribution is 7.90.